The summed E-state index contributed by atoms with van der Waals surface area (Å²) < 4.78 is 39.3. The van der Waals surface area contributed by atoms with E-state index in [1.807, 2.05) is 24.3 Å². The highest BCUT2D eigenvalue weighted by Crippen LogP contribution is 2.29. The number of alkyl halides is 2. The third-order valence-electron chi connectivity index (χ3n) is 3.51. The molecule has 0 heterocycles. The minimum absolute atomic E-state index is 0.00791. The van der Waals surface area contributed by atoms with Gasteiger partial charge in [0.2, 0.25) is 0 Å². The predicted octanol–water partition coefficient (Wildman–Crippen LogP) is 3.47. The second kappa shape index (κ2) is 9.76. The van der Waals surface area contributed by atoms with Crippen molar-refractivity contribution in [3.8, 4) is 17.2 Å². The van der Waals surface area contributed by atoms with Crippen LogP contribution in [-0.2, 0) is 13.1 Å². The zero-order valence-electron chi connectivity index (χ0n) is 14.4. The number of benzene rings is 2. The Balaban J connectivity index is 1.84. The van der Waals surface area contributed by atoms with Gasteiger partial charge in [-0.25, -0.2) is 0 Å². The number of rotatable bonds is 8. The monoisotopic (exact) mass is 382 g/mol. The van der Waals surface area contributed by atoms with Gasteiger partial charge in [0.15, 0.2) is 16.6 Å². The Bertz CT molecular complexity index is 727. The molecule has 0 unspecified atom stereocenters. The van der Waals surface area contributed by atoms with Crippen molar-refractivity contribution < 1.29 is 23.0 Å². The van der Waals surface area contributed by atoms with E-state index in [1.54, 1.807) is 19.2 Å². The number of thiocarbonyl (C=S) groups is 1. The topological polar surface area (TPSA) is 51.8 Å². The molecule has 0 aromatic heterocycles. The van der Waals surface area contributed by atoms with Crippen LogP contribution in [0.15, 0.2) is 42.5 Å². The van der Waals surface area contributed by atoms with Crippen molar-refractivity contribution in [2.24, 2.45) is 0 Å². The van der Waals surface area contributed by atoms with E-state index < -0.39 is 6.61 Å². The minimum Gasteiger partial charge on any atom is -0.497 e. The Morgan fingerprint density at radius 2 is 1.54 bits per heavy atom. The third kappa shape index (κ3) is 6.03. The highest BCUT2D eigenvalue weighted by molar-refractivity contribution is 7.80. The van der Waals surface area contributed by atoms with E-state index in [-0.39, 0.29) is 11.5 Å². The number of halogens is 2. The van der Waals surface area contributed by atoms with Crippen molar-refractivity contribution in [1.82, 2.24) is 10.6 Å². The molecule has 0 aliphatic heterocycles. The molecule has 0 aliphatic rings. The SMILES string of the molecule is COc1ccc(CNC(=S)NCc2ccc(OC(F)F)c(OC)c2)cc1. The number of ether oxygens (including phenoxy) is 3. The molecule has 26 heavy (non-hydrogen) atoms. The minimum atomic E-state index is -2.90. The Labute approximate surface area is 156 Å². The maximum Gasteiger partial charge on any atom is 0.387 e. The lowest BCUT2D eigenvalue weighted by Crippen LogP contribution is -2.34. The van der Waals surface area contributed by atoms with Crippen LogP contribution in [0, 0.1) is 0 Å². The zero-order chi connectivity index (χ0) is 18.9. The fourth-order valence-corrected chi connectivity index (χ4v) is 2.33. The lowest BCUT2D eigenvalue weighted by molar-refractivity contribution is -0.0512. The Morgan fingerprint density at radius 3 is 2.12 bits per heavy atom. The highest BCUT2D eigenvalue weighted by Gasteiger charge is 2.11. The van der Waals surface area contributed by atoms with E-state index in [4.69, 9.17) is 21.7 Å². The summed E-state index contributed by atoms with van der Waals surface area (Å²) in [6, 6.07) is 12.4. The van der Waals surface area contributed by atoms with Gasteiger partial charge in [0.25, 0.3) is 0 Å². The van der Waals surface area contributed by atoms with E-state index in [0.717, 1.165) is 16.9 Å². The van der Waals surface area contributed by atoms with Gasteiger partial charge in [0.05, 0.1) is 14.2 Å². The predicted molar refractivity (Wildman–Crippen MR) is 98.9 cm³/mol. The lowest BCUT2D eigenvalue weighted by atomic mass is 10.2. The van der Waals surface area contributed by atoms with Crippen LogP contribution in [0.3, 0.4) is 0 Å². The van der Waals surface area contributed by atoms with Crippen LogP contribution >= 0.6 is 12.2 Å². The molecule has 2 aromatic rings. The summed E-state index contributed by atoms with van der Waals surface area (Å²) in [6.45, 7) is -1.91. The van der Waals surface area contributed by atoms with Crippen molar-refractivity contribution >= 4 is 17.3 Å². The van der Waals surface area contributed by atoms with Crippen molar-refractivity contribution in [3.63, 3.8) is 0 Å². The van der Waals surface area contributed by atoms with Crippen molar-refractivity contribution in [2.75, 3.05) is 14.2 Å². The number of hydrogen-bond acceptors (Lipinski definition) is 4. The number of nitrogens with one attached hydrogen (secondary N) is 2. The molecule has 5 nitrogen and oxygen atoms in total. The molecular formula is C18H20F2N2O3S. The largest absolute Gasteiger partial charge is 0.497 e. The third-order valence-corrected chi connectivity index (χ3v) is 3.80. The molecule has 0 fully saturated rings. The molecule has 0 aliphatic carbocycles. The van der Waals surface area contributed by atoms with Crippen molar-refractivity contribution in [3.05, 3.63) is 53.6 Å². The van der Waals surface area contributed by atoms with E-state index in [2.05, 4.69) is 15.4 Å². The van der Waals surface area contributed by atoms with Crippen molar-refractivity contribution in [1.29, 1.82) is 0 Å². The molecule has 2 N–H and O–H groups in total. The molecule has 0 amide bonds. The van der Waals surface area contributed by atoms with E-state index in [0.29, 0.717) is 18.2 Å². The lowest BCUT2D eigenvalue weighted by Gasteiger charge is -2.13. The molecule has 0 atom stereocenters. The van der Waals surface area contributed by atoms with Crippen LogP contribution < -0.4 is 24.8 Å². The normalized spacial score (nSPS) is 10.3. The van der Waals surface area contributed by atoms with Crippen LogP contribution in [0.1, 0.15) is 11.1 Å². The average molecular weight is 382 g/mol. The first-order chi connectivity index (χ1) is 12.5. The summed E-state index contributed by atoms with van der Waals surface area (Å²) in [5.74, 6) is 1.02. The Morgan fingerprint density at radius 1 is 0.923 bits per heavy atom. The fourth-order valence-electron chi connectivity index (χ4n) is 2.19. The van der Waals surface area contributed by atoms with Gasteiger partial charge in [0.1, 0.15) is 5.75 Å². The molecule has 0 saturated heterocycles. The van der Waals surface area contributed by atoms with Gasteiger partial charge >= 0.3 is 6.61 Å². The fraction of sp³-hybridized carbons (Fsp3) is 0.278. The van der Waals surface area contributed by atoms with Gasteiger partial charge in [-0.1, -0.05) is 18.2 Å². The van der Waals surface area contributed by atoms with Crippen LogP contribution in [-0.4, -0.2) is 25.9 Å². The summed E-state index contributed by atoms with van der Waals surface area (Å²) in [6.07, 6.45) is 0. The summed E-state index contributed by atoms with van der Waals surface area (Å²) in [4.78, 5) is 0. The first-order valence-electron chi connectivity index (χ1n) is 7.78. The van der Waals surface area contributed by atoms with E-state index in [9.17, 15) is 8.78 Å². The van der Waals surface area contributed by atoms with Crippen LogP contribution in [0.4, 0.5) is 8.78 Å². The first kappa shape index (κ1) is 19.7. The Hall–Kier alpha value is -2.61. The van der Waals surface area contributed by atoms with Crippen molar-refractivity contribution in [2.45, 2.75) is 19.7 Å². The quantitative estimate of drug-likeness (QED) is 0.682. The van der Waals surface area contributed by atoms with Gasteiger partial charge in [0, 0.05) is 13.1 Å². The van der Waals surface area contributed by atoms with Crippen LogP contribution in [0.25, 0.3) is 0 Å². The molecule has 8 heteroatoms. The van der Waals surface area contributed by atoms with Crippen LogP contribution in [0.2, 0.25) is 0 Å². The summed E-state index contributed by atoms with van der Waals surface area (Å²) in [5, 5.41) is 6.63. The maximum absolute atomic E-state index is 12.3. The molecule has 140 valence electrons. The first-order valence-corrected chi connectivity index (χ1v) is 8.19. The van der Waals surface area contributed by atoms with Gasteiger partial charge in [-0.3, -0.25) is 0 Å². The molecule has 0 bridgehead atoms. The van der Waals surface area contributed by atoms with Gasteiger partial charge in [-0.2, -0.15) is 8.78 Å². The van der Waals surface area contributed by atoms with Gasteiger partial charge in [-0.15, -0.1) is 0 Å². The van der Waals surface area contributed by atoms with Crippen LogP contribution in [0.5, 0.6) is 17.2 Å². The standard InChI is InChI=1S/C18H20F2N2O3S/c1-23-14-6-3-12(4-7-14)10-21-18(26)22-11-13-5-8-15(25-17(19)20)16(9-13)24-2/h3-9,17H,10-11H2,1-2H3,(H2,21,22,26). The smallest absolute Gasteiger partial charge is 0.387 e. The van der Waals surface area contributed by atoms with E-state index in [1.165, 1.54) is 13.2 Å². The zero-order valence-corrected chi connectivity index (χ0v) is 15.2. The second-order valence-electron chi connectivity index (χ2n) is 5.25. The summed E-state index contributed by atoms with van der Waals surface area (Å²) in [7, 11) is 3.01. The Kier molecular flexibility index (Phi) is 7.40. The molecule has 0 radical (unpaired) electrons. The van der Waals surface area contributed by atoms with Gasteiger partial charge < -0.3 is 24.8 Å². The maximum atomic E-state index is 12.3. The molecular weight excluding hydrogens is 362 g/mol. The number of hydrogen-bond donors (Lipinski definition) is 2. The number of methoxy groups -OCH3 is 2. The molecule has 0 spiro atoms. The average Bonchev–Trinajstić information content (AvgIpc) is 2.65. The second-order valence-corrected chi connectivity index (χ2v) is 5.66. The molecule has 2 aromatic carbocycles. The summed E-state index contributed by atoms with van der Waals surface area (Å²) in [5.41, 5.74) is 1.88. The summed E-state index contributed by atoms with van der Waals surface area (Å²) >= 11 is 5.24. The van der Waals surface area contributed by atoms with E-state index >= 15 is 0 Å². The van der Waals surface area contributed by atoms with Gasteiger partial charge in [-0.05, 0) is 47.6 Å². The highest BCUT2D eigenvalue weighted by atomic mass is 32.1. The molecule has 2 rings (SSSR count). The molecule has 0 saturated carbocycles.